The van der Waals surface area contributed by atoms with Crippen molar-refractivity contribution in [3.05, 3.63) is 28.2 Å². The number of ketones is 1. The minimum Gasteiger partial charge on any atom is -0.381 e. The minimum absolute atomic E-state index is 0.105. The van der Waals surface area contributed by atoms with Gasteiger partial charge in [0.15, 0.2) is 5.78 Å². The van der Waals surface area contributed by atoms with E-state index >= 15 is 0 Å². The fourth-order valence-electron chi connectivity index (χ4n) is 1.79. The minimum atomic E-state index is 0.105. The second kappa shape index (κ2) is 6.03. The first-order chi connectivity index (χ1) is 8.16. The van der Waals surface area contributed by atoms with Crippen LogP contribution in [0.25, 0.3) is 0 Å². The largest absolute Gasteiger partial charge is 0.381 e. The Kier molecular flexibility index (Phi) is 4.65. The molecule has 0 radical (unpaired) electrons. The summed E-state index contributed by atoms with van der Waals surface area (Å²) in [6.45, 7) is 3.31. The predicted molar refractivity (Wildman–Crippen MR) is 73.8 cm³/mol. The van der Waals surface area contributed by atoms with Gasteiger partial charge in [0, 0.05) is 33.4 Å². The number of carbonyl (C=O) groups is 1. The maximum Gasteiger partial charge on any atom is 0.159 e. The summed E-state index contributed by atoms with van der Waals surface area (Å²) in [6.07, 6.45) is 2.21. The van der Waals surface area contributed by atoms with Gasteiger partial charge in [-0.1, -0.05) is 6.07 Å². The summed E-state index contributed by atoms with van der Waals surface area (Å²) in [6, 6.07) is 5.83. The summed E-state index contributed by atoms with van der Waals surface area (Å²) in [5, 5.41) is 0.628. The van der Waals surface area contributed by atoms with Crippen LogP contribution in [0.2, 0.25) is 0 Å². The van der Waals surface area contributed by atoms with Gasteiger partial charge in [0.25, 0.3) is 0 Å². The average molecular weight is 315 g/mol. The molecule has 0 atom stereocenters. The molecule has 2 rings (SSSR count). The smallest absolute Gasteiger partial charge is 0.159 e. The molecular weight excluding hydrogens is 300 g/mol. The van der Waals surface area contributed by atoms with Crippen LogP contribution in [0, 0.1) is 0 Å². The van der Waals surface area contributed by atoms with Gasteiger partial charge in [-0.2, -0.15) is 0 Å². The van der Waals surface area contributed by atoms with Crippen LogP contribution in [0.5, 0.6) is 0 Å². The number of benzene rings is 1. The number of thioether (sulfide) groups is 1. The van der Waals surface area contributed by atoms with Crippen LogP contribution in [0.15, 0.2) is 27.6 Å². The first-order valence-corrected chi connectivity index (χ1v) is 7.39. The SMILES string of the molecule is CC(=O)c1ccc(SC2CCOCC2)c(Br)c1. The Hall–Kier alpha value is -0.320. The lowest BCUT2D eigenvalue weighted by Crippen LogP contribution is -2.17. The fourth-order valence-corrected chi connectivity index (χ4v) is 3.55. The van der Waals surface area contributed by atoms with Gasteiger partial charge in [0.2, 0.25) is 0 Å². The second-order valence-corrected chi connectivity index (χ2v) is 6.33. The van der Waals surface area contributed by atoms with E-state index in [4.69, 9.17) is 4.74 Å². The number of carbonyl (C=O) groups excluding carboxylic acids is 1. The number of rotatable bonds is 3. The molecule has 0 aliphatic carbocycles. The zero-order valence-corrected chi connectivity index (χ0v) is 12.1. The molecular formula is C13H15BrO2S. The highest BCUT2D eigenvalue weighted by Gasteiger charge is 2.16. The Bertz CT molecular complexity index is 414. The van der Waals surface area contributed by atoms with E-state index in [0.29, 0.717) is 5.25 Å². The van der Waals surface area contributed by atoms with Gasteiger partial charge in [-0.25, -0.2) is 0 Å². The maximum absolute atomic E-state index is 11.3. The summed E-state index contributed by atoms with van der Waals surface area (Å²) in [5.41, 5.74) is 0.758. The Morgan fingerprint density at radius 3 is 2.71 bits per heavy atom. The van der Waals surface area contributed by atoms with Crippen molar-refractivity contribution < 1.29 is 9.53 Å². The number of hydrogen-bond donors (Lipinski definition) is 0. The molecule has 0 amide bonds. The highest BCUT2D eigenvalue weighted by atomic mass is 79.9. The van der Waals surface area contributed by atoms with Gasteiger partial charge in [0.1, 0.15) is 0 Å². The number of Topliss-reactive ketones (excluding diaryl/α,β-unsaturated/α-hetero) is 1. The molecule has 0 saturated carbocycles. The molecule has 1 aliphatic rings. The molecule has 1 aromatic rings. The molecule has 1 fully saturated rings. The third-order valence-electron chi connectivity index (χ3n) is 2.80. The second-order valence-electron chi connectivity index (χ2n) is 4.13. The summed E-state index contributed by atoms with van der Waals surface area (Å²) >= 11 is 5.41. The van der Waals surface area contributed by atoms with Crippen LogP contribution in [0.3, 0.4) is 0 Å². The Labute approximate surface area is 114 Å². The molecule has 1 aliphatic heterocycles. The standard InChI is InChI=1S/C13H15BrO2S/c1-9(15)10-2-3-13(12(14)8-10)17-11-4-6-16-7-5-11/h2-3,8,11H,4-7H2,1H3. The molecule has 92 valence electrons. The zero-order chi connectivity index (χ0) is 12.3. The zero-order valence-electron chi connectivity index (χ0n) is 9.74. The summed E-state index contributed by atoms with van der Waals surface area (Å²) in [4.78, 5) is 12.5. The monoisotopic (exact) mass is 314 g/mol. The van der Waals surface area contributed by atoms with Crippen LogP contribution in [0.1, 0.15) is 30.1 Å². The van der Waals surface area contributed by atoms with Gasteiger partial charge in [-0.05, 0) is 47.8 Å². The van der Waals surface area contributed by atoms with E-state index in [1.165, 1.54) is 4.90 Å². The molecule has 1 aromatic carbocycles. The third-order valence-corrected chi connectivity index (χ3v) is 5.13. The summed E-state index contributed by atoms with van der Waals surface area (Å²) in [5.74, 6) is 0.105. The first-order valence-electron chi connectivity index (χ1n) is 5.71. The fraction of sp³-hybridized carbons (Fsp3) is 0.462. The molecule has 17 heavy (non-hydrogen) atoms. The van der Waals surface area contributed by atoms with Gasteiger partial charge in [0.05, 0.1) is 0 Å². The lowest BCUT2D eigenvalue weighted by Gasteiger charge is -2.21. The molecule has 0 aromatic heterocycles. The lowest BCUT2D eigenvalue weighted by atomic mass is 10.2. The quantitative estimate of drug-likeness (QED) is 0.791. The molecule has 1 heterocycles. The van der Waals surface area contributed by atoms with Crippen molar-refractivity contribution in [1.29, 1.82) is 0 Å². The Balaban J connectivity index is 2.08. The van der Waals surface area contributed by atoms with Crippen molar-refractivity contribution >= 4 is 33.5 Å². The van der Waals surface area contributed by atoms with Crippen molar-refractivity contribution in [2.45, 2.75) is 29.9 Å². The van der Waals surface area contributed by atoms with Crippen LogP contribution in [-0.2, 0) is 4.74 Å². The predicted octanol–water partition coefficient (Wildman–Crippen LogP) is 3.92. The van der Waals surface area contributed by atoms with Gasteiger partial charge in [-0.15, -0.1) is 11.8 Å². The van der Waals surface area contributed by atoms with E-state index in [-0.39, 0.29) is 5.78 Å². The molecule has 0 N–H and O–H groups in total. The molecule has 0 bridgehead atoms. The Morgan fingerprint density at radius 2 is 2.12 bits per heavy atom. The van der Waals surface area contributed by atoms with Crippen LogP contribution >= 0.6 is 27.7 Å². The first kappa shape index (κ1) is 13.1. The molecule has 0 unspecified atom stereocenters. The van der Waals surface area contributed by atoms with E-state index in [2.05, 4.69) is 15.9 Å². The highest BCUT2D eigenvalue weighted by molar-refractivity contribution is 9.10. The van der Waals surface area contributed by atoms with Crippen molar-refractivity contribution in [1.82, 2.24) is 0 Å². The highest BCUT2D eigenvalue weighted by Crippen LogP contribution is 2.35. The topological polar surface area (TPSA) is 26.3 Å². The van der Waals surface area contributed by atoms with Crippen molar-refractivity contribution in [3.63, 3.8) is 0 Å². The van der Waals surface area contributed by atoms with Crippen LogP contribution in [0.4, 0.5) is 0 Å². The van der Waals surface area contributed by atoms with Crippen molar-refractivity contribution in [3.8, 4) is 0 Å². The lowest BCUT2D eigenvalue weighted by molar-refractivity contribution is 0.1000. The van der Waals surface area contributed by atoms with Crippen molar-refractivity contribution in [2.75, 3.05) is 13.2 Å². The van der Waals surface area contributed by atoms with Gasteiger partial charge >= 0.3 is 0 Å². The molecule has 4 heteroatoms. The van der Waals surface area contributed by atoms with Crippen LogP contribution < -0.4 is 0 Å². The van der Waals surface area contributed by atoms with E-state index in [9.17, 15) is 4.79 Å². The summed E-state index contributed by atoms with van der Waals surface area (Å²) in [7, 11) is 0. The van der Waals surface area contributed by atoms with Gasteiger partial charge in [-0.3, -0.25) is 4.79 Å². The number of ether oxygens (including phenoxy) is 1. The maximum atomic E-state index is 11.3. The third kappa shape index (κ3) is 3.57. The number of hydrogen-bond acceptors (Lipinski definition) is 3. The van der Waals surface area contributed by atoms with Crippen LogP contribution in [-0.4, -0.2) is 24.2 Å². The Morgan fingerprint density at radius 1 is 1.41 bits per heavy atom. The average Bonchev–Trinajstić information content (AvgIpc) is 2.33. The normalized spacial score (nSPS) is 17.1. The molecule has 0 spiro atoms. The van der Waals surface area contributed by atoms with Crippen molar-refractivity contribution in [2.24, 2.45) is 0 Å². The summed E-state index contributed by atoms with van der Waals surface area (Å²) < 4.78 is 6.36. The van der Waals surface area contributed by atoms with Gasteiger partial charge < -0.3 is 4.74 Å². The van der Waals surface area contributed by atoms with E-state index in [0.717, 1.165) is 36.1 Å². The van der Waals surface area contributed by atoms with E-state index in [1.807, 2.05) is 30.0 Å². The number of halogens is 1. The molecule has 2 nitrogen and oxygen atoms in total. The van der Waals surface area contributed by atoms with E-state index < -0.39 is 0 Å². The molecule has 1 saturated heterocycles. The van der Waals surface area contributed by atoms with E-state index in [1.54, 1.807) is 6.92 Å².